The summed E-state index contributed by atoms with van der Waals surface area (Å²) in [4.78, 5) is 7.20. The number of furan rings is 2. The lowest BCUT2D eigenvalue weighted by molar-refractivity contribution is 0.0377. The molecule has 1 unspecified atom stereocenters. The predicted octanol–water partition coefficient (Wildman–Crippen LogP) is 3.36. The maximum atomic E-state index is 5.74. The van der Waals surface area contributed by atoms with E-state index in [9.17, 15) is 0 Å². The molecule has 162 valence electrons. The van der Waals surface area contributed by atoms with Gasteiger partial charge in [-0.25, -0.2) is 0 Å². The van der Waals surface area contributed by atoms with Gasteiger partial charge in [-0.1, -0.05) is 0 Å². The molecule has 2 aromatic heterocycles. The summed E-state index contributed by atoms with van der Waals surface area (Å²) in [5, 5.41) is 6.85. The zero-order chi connectivity index (χ0) is 19.6. The lowest BCUT2D eigenvalue weighted by Gasteiger charge is -2.26. The summed E-state index contributed by atoms with van der Waals surface area (Å²) in [5.41, 5.74) is 0. The highest BCUT2D eigenvalue weighted by molar-refractivity contribution is 14.0. The molecule has 29 heavy (non-hydrogen) atoms. The third-order valence-electron chi connectivity index (χ3n) is 4.79. The molecular weight excluding hydrogens is 483 g/mol. The van der Waals surface area contributed by atoms with Gasteiger partial charge in [0.25, 0.3) is 0 Å². The van der Waals surface area contributed by atoms with Gasteiger partial charge in [0.2, 0.25) is 0 Å². The Hall–Kier alpha value is -1.52. The smallest absolute Gasteiger partial charge is 0.191 e. The van der Waals surface area contributed by atoms with E-state index in [2.05, 4.69) is 22.5 Å². The molecule has 1 saturated heterocycles. The Balaban J connectivity index is 0.00000300. The van der Waals surface area contributed by atoms with Crippen LogP contribution in [-0.2, 0) is 11.2 Å². The zero-order valence-corrected chi connectivity index (χ0v) is 19.7. The van der Waals surface area contributed by atoms with Crippen molar-refractivity contribution >= 4 is 29.9 Å². The van der Waals surface area contributed by atoms with Gasteiger partial charge in [0.1, 0.15) is 17.3 Å². The summed E-state index contributed by atoms with van der Waals surface area (Å²) in [6.45, 7) is 10.3. The first-order valence-electron chi connectivity index (χ1n) is 10.1. The predicted molar refractivity (Wildman–Crippen MR) is 125 cm³/mol. The number of aliphatic imine (C=N–C) groups is 1. The molecule has 1 fully saturated rings. The highest BCUT2D eigenvalue weighted by atomic mass is 127. The normalized spacial score (nSPS) is 16.3. The van der Waals surface area contributed by atoms with Crippen LogP contribution in [-0.4, -0.2) is 56.8 Å². The number of hydrogen-bond donors (Lipinski definition) is 2. The van der Waals surface area contributed by atoms with Crippen LogP contribution in [0.1, 0.15) is 36.7 Å². The molecule has 0 amide bonds. The Kier molecular flexibility index (Phi) is 10.6. The second-order valence-electron chi connectivity index (χ2n) is 7.11. The molecule has 2 N–H and O–H groups in total. The van der Waals surface area contributed by atoms with E-state index in [1.165, 1.54) is 0 Å². The van der Waals surface area contributed by atoms with Crippen LogP contribution in [0.3, 0.4) is 0 Å². The van der Waals surface area contributed by atoms with Crippen LogP contribution in [0.25, 0.3) is 0 Å². The third kappa shape index (κ3) is 8.39. The minimum Gasteiger partial charge on any atom is -0.469 e. The van der Waals surface area contributed by atoms with E-state index in [1.54, 1.807) is 6.26 Å². The molecule has 0 aromatic carbocycles. The molecule has 0 spiro atoms. The van der Waals surface area contributed by atoms with Crippen molar-refractivity contribution in [3.63, 3.8) is 0 Å². The van der Waals surface area contributed by atoms with Crippen molar-refractivity contribution in [3.8, 4) is 0 Å². The van der Waals surface area contributed by atoms with Crippen LogP contribution in [0.15, 0.2) is 44.4 Å². The van der Waals surface area contributed by atoms with Crippen molar-refractivity contribution < 1.29 is 13.6 Å². The lowest BCUT2D eigenvalue weighted by Crippen LogP contribution is -2.40. The molecule has 1 aliphatic heterocycles. The van der Waals surface area contributed by atoms with Crippen LogP contribution in [0.2, 0.25) is 0 Å². The fourth-order valence-corrected chi connectivity index (χ4v) is 3.18. The van der Waals surface area contributed by atoms with Crippen LogP contribution < -0.4 is 10.6 Å². The van der Waals surface area contributed by atoms with Gasteiger partial charge < -0.3 is 24.2 Å². The maximum Gasteiger partial charge on any atom is 0.191 e. The topological polar surface area (TPSA) is 75.2 Å². The number of rotatable bonds is 9. The van der Waals surface area contributed by atoms with E-state index in [-0.39, 0.29) is 30.0 Å². The number of halogens is 1. The monoisotopic (exact) mass is 516 g/mol. The van der Waals surface area contributed by atoms with Gasteiger partial charge in [-0.2, -0.15) is 0 Å². The number of nitrogens with zero attached hydrogens (tertiary/aromatic N) is 2. The SMILES string of the molecule is Cc1ccc(C(C)NC(=NCCCN2CCOCC2)NCCc2ccco2)o1.I. The van der Waals surface area contributed by atoms with Gasteiger partial charge in [-0.05, 0) is 44.5 Å². The average Bonchev–Trinajstić information content (AvgIpc) is 3.37. The minimum atomic E-state index is 0. The molecule has 0 saturated carbocycles. The first kappa shape index (κ1) is 23.8. The van der Waals surface area contributed by atoms with Crippen molar-refractivity contribution in [2.45, 2.75) is 32.7 Å². The number of guanidine groups is 1. The van der Waals surface area contributed by atoms with E-state index in [0.29, 0.717) is 0 Å². The van der Waals surface area contributed by atoms with Gasteiger partial charge in [0.15, 0.2) is 5.96 Å². The first-order chi connectivity index (χ1) is 13.7. The minimum absolute atomic E-state index is 0. The molecule has 1 atom stereocenters. The first-order valence-corrected chi connectivity index (χ1v) is 10.1. The molecule has 8 heteroatoms. The fourth-order valence-electron chi connectivity index (χ4n) is 3.18. The van der Waals surface area contributed by atoms with Crippen molar-refractivity contribution in [1.82, 2.24) is 15.5 Å². The van der Waals surface area contributed by atoms with Crippen LogP contribution in [0.5, 0.6) is 0 Å². The van der Waals surface area contributed by atoms with E-state index in [4.69, 9.17) is 18.6 Å². The molecule has 2 aromatic rings. The molecule has 0 radical (unpaired) electrons. The van der Waals surface area contributed by atoms with Gasteiger partial charge in [0, 0.05) is 39.1 Å². The number of aryl methyl sites for hydroxylation is 1. The second kappa shape index (κ2) is 12.9. The Morgan fingerprint density at radius 1 is 1.24 bits per heavy atom. The summed E-state index contributed by atoms with van der Waals surface area (Å²) in [5.74, 6) is 3.59. The van der Waals surface area contributed by atoms with Crippen molar-refractivity contribution in [3.05, 3.63) is 47.8 Å². The lowest BCUT2D eigenvalue weighted by atomic mass is 10.2. The highest BCUT2D eigenvalue weighted by Crippen LogP contribution is 2.15. The van der Waals surface area contributed by atoms with Crippen LogP contribution in [0, 0.1) is 6.92 Å². The summed E-state index contributed by atoms with van der Waals surface area (Å²) in [6, 6.07) is 7.93. The molecule has 7 nitrogen and oxygen atoms in total. The van der Waals surface area contributed by atoms with Crippen molar-refractivity contribution in [2.75, 3.05) is 45.9 Å². The summed E-state index contributed by atoms with van der Waals surface area (Å²) in [6.07, 6.45) is 3.55. The molecule has 1 aliphatic rings. The highest BCUT2D eigenvalue weighted by Gasteiger charge is 2.12. The Morgan fingerprint density at radius 2 is 2.07 bits per heavy atom. The Bertz CT molecular complexity index is 711. The summed E-state index contributed by atoms with van der Waals surface area (Å²) >= 11 is 0. The number of ether oxygens (including phenoxy) is 1. The zero-order valence-electron chi connectivity index (χ0n) is 17.4. The molecular formula is C21H33IN4O3. The van der Waals surface area contributed by atoms with Crippen molar-refractivity contribution in [1.29, 1.82) is 0 Å². The molecule has 3 rings (SSSR count). The second-order valence-corrected chi connectivity index (χ2v) is 7.11. The average molecular weight is 516 g/mol. The number of nitrogens with one attached hydrogen (secondary N) is 2. The van der Waals surface area contributed by atoms with Gasteiger partial charge in [-0.3, -0.25) is 9.89 Å². The largest absolute Gasteiger partial charge is 0.469 e. The Labute approximate surface area is 190 Å². The van der Waals surface area contributed by atoms with E-state index in [1.807, 2.05) is 31.2 Å². The number of morpholine rings is 1. The Morgan fingerprint density at radius 3 is 2.76 bits per heavy atom. The fraction of sp³-hybridized carbons (Fsp3) is 0.571. The maximum absolute atomic E-state index is 5.74. The standard InChI is InChI=1S/C21H32N4O3.HI/c1-17-6-7-20(28-17)18(2)24-21(23-10-8-19-5-3-14-27-19)22-9-4-11-25-12-15-26-16-13-25;/h3,5-7,14,18H,4,8-13,15-16H2,1-2H3,(H2,22,23,24);1H. The van der Waals surface area contributed by atoms with Crippen LogP contribution >= 0.6 is 24.0 Å². The summed E-state index contributed by atoms with van der Waals surface area (Å²) < 4.78 is 16.5. The van der Waals surface area contributed by atoms with Crippen LogP contribution in [0.4, 0.5) is 0 Å². The quantitative estimate of drug-likeness (QED) is 0.231. The molecule has 0 bridgehead atoms. The molecule has 3 heterocycles. The van der Waals surface area contributed by atoms with E-state index in [0.717, 1.165) is 82.0 Å². The molecule has 0 aliphatic carbocycles. The van der Waals surface area contributed by atoms with Gasteiger partial charge >= 0.3 is 0 Å². The third-order valence-corrected chi connectivity index (χ3v) is 4.79. The van der Waals surface area contributed by atoms with Gasteiger partial charge in [-0.15, -0.1) is 24.0 Å². The number of hydrogen-bond acceptors (Lipinski definition) is 5. The van der Waals surface area contributed by atoms with E-state index >= 15 is 0 Å². The summed E-state index contributed by atoms with van der Waals surface area (Å²) in [7, 11) is 0. The van der Waals surface area contributed by atoms with E-state index < -0.39 is 0 Å². The van der Waals surface area contributed by atoms with Gasteiger partial charge in [0.05, 0.1) is 25.5 Å². The van der Waals surface area contributed by atoms with Crippen molar-refractivity contribution in [2.24, 2.45) is 4.99 Å².